The third kappa shape index (κ3) is 6.62. The number of ketones is 3. The molecule has 3 fully saturated rings. The number of aliphatic hydroxyl groups is 1. The van der Waals surface area contributed by atoms with Crippen molar-refractivity contribution in [2.24, 2.45) is 34.5 Å². The number of hydrogen-bond donors (Lipinski definition) is 1. The van der Waals surface area contributed by atoms with Gasteiger partial charge in [-0.2, -0.15) is 0 Å². The maximum absolute atomic E-state index is 13.4. The van der Waals surface area contributed by atoms with E-state index in [0.29, 0.717) is 31.5 Å². The van der Waals surface area contributed by atoms with Crippen LogP contribution in [0.15, 0.2) is 11.6 Å². The molecule has 0 aromatic rings. The first-order valence-corrected chi connectivity index (χ1v) is 16.7. The predicted molar refractivity (Wildman–Crippen MR) is 157 cm³/mol. The number of rotatable bonds is 15. The van der Waals surface area contributed by atoms with Crippen molar-refractivity contribution in [1.29, 1.82) is 0 Å². The van der Waals surface area contributed by atoms with Crippen LogP contribution in [0, 0.1) is 34.5 Å². The summed E-state index contributed by atoms with van der Waals surface area (Å²) in [6, 6.07) is 0. The third-order valence-electron chi connectivity index (χ3n) is 11.7. The molecule has 220 valence electrons. The Morgan fingerprint density at radius 3 is 2.03 bits per heavy atom. The molecule has 4 heteroatoms. The zero-order valence-corrected chi connectivity index (χ0v) is 25.3. The van der Waals surface area contributed by atoms with E-state index in [1.807, 2.05) is 6.08 Å². The number of hydrogen-bond acceptors (Lipinski definition) is 4. The van der Waals surface area contributed by atoms with E-state index in [9.17, 15) is 19.5 Å². The van der Waals surface area contributed by atoms with E-state index >= 15 is 0 Å². The zero-order valence-electron chi connectivity index (χ0n) is 25.3. The van der Waals surface area contributed by atoms with Gasteiger partial charge in [0, 0.05) is 30.1 Å². The number of carbonyl (C=O) groups is 3. The highest BCUT2D eigenvalue weighted by molar-refractivity contribution is 5.97. The fourth-order valence-corrected chi connectivity index (χ4v) is 9.06. The molecule has 0 aromatic carbocycles. The first kappa shape index (κ1) is 30.7. The highest BCUT2D eigenvalue weighted by atomic mass is 16.3. The molecule has 39 heavy (non-hydrogen) atoms. The standard InChI is InChI=1S/C35H56O4/c1-4-5-6-7-8-9-10-11-12-13-14-15-16-17-29(36)26-24-35(3)25(22-30(26)37)23-31(38)33-27-18-19-32(39)34(27,2)21-20-28(33)35/h23,26-28,30,33,37H,4-22,24H2,1-3H3/t26?,27-,28-,30+,33-,34-,35-/m0/s1. The minimum absolute atomic E-state index is 0.101. The topological polar surface area (TPSA) is 71.4 Å². The molecule has 0 radical (unpaired) electrons. The molecule has 4 aliphatic rings. The number of unbranched alkanes of at least 4 members (excludes halogenated alkanes) is 12. The van der Waals surface area contributed by atoms with E-state index in [1.165, 1.54) is 70.6 Å². The molecule has 4 nitrogen and oxygen atoms in total. The summed E-state index contributed by atoms with van der Waals surface area (Å²) in [5.74, 6) is 0.625. The van der Waals surface area contributed by atoms with E-state index in [4.69, 9.17) is 0 Å². The van der Waals surface area contributed by atoms with Crippen molar-refractivity contribution in [2.75, 3.05) is 0 Å². The maximum atomic E-state index is 13.4. The lowest BCUT2D eigenvalue weighted by atomic mass is 9.46. The third-order valence-corrected chi connectivity index (χ3v) is 11.7. The lowest BCUT2D eigenvalue weighted by molar-refractivity contribution is -0.142. The van der Waals surface area contributed by atoms with Gasteiger partial charge in [0.1, 0.15) is 11.6 Å². The summed E-state index contributed by atoms with van der Waals surface area (Å²) < 4.78 is 0. The second-order valence-electron chi connectivity index (χ2n) is 14.2. The fraction of sp³-hybridized carbons (Fsp3) is 0.857. The lowest BCUT2D eigenvalue weighted by Crippen LogP contribution is -2.55. The summed E-state index contributed by atoms with van der Waals surface area (Å²) in [4.78, 5) is 39.4. The molecule has 0 amide bonds. The van der Waals surface area contributed by atoms with Crippen molar-refractivity contribution in [3.8, 4) is 0 Å². The van der Waals surface area contributed by atoms with Crippen LogP contribution in [0.5, 0.6) is 0 Å². The van der Waals surface area contributed by atoms with Gasteiger partial charge in [-0.05, 0) is 61.9 Å². The molecule has 4 aliphatic carbocycles. The van der Waals surface area contributed by atoms with Gasteiger partial charge in [-0.15, -0.1) is 0 Å². The number of carbonyl (C=O) groups excluding carboxylic acids is 3. The highest BCUT2D eigenvalue weighted by Gasteiger charge is 2.62. The van der Waals surface area contributed by atoms with Crippen molar-refractivity contribution in [3.63, 3.8) is 0 Å². The van der Waals surface area contributed by atoms with Gasteiger partial charge in [-0.1, -0.05) is 103 Å². The van der Waals surface area contributed by atoms with Gasteiger partial charge in [0.05, 0.1) is 6.10 Å². The largest absolute Gasteiger partial charge is 0.392 e. The highest BCUT2D eigenvalue weighted by Crippen LogP contribution is 2.63. The SMILES string of the molecule is CCCCCCCCCCCCCCCC(=O)C1C[C@@]2(C)C(=CC(=O)[C@@H]3[C@@H]2CC[C@]2(C)C(=O)CC[C@@H]32)C[C@H]1O. The summed E-state index contributed by atoms with van der Waals surface area (Å²) in [6.45, 7) is 6.60. The number of allylic oxidation sites excluding steroid dienone is 1. The second kappa shape index (κ2) is 13.6. The van der Waals surface area contributed by atoms with Gasteiger partial charge in [0.25, 0.3) is 0 Å². The van der Waals surface area contributed by atoms with E-state index in [1.54, 1.807) is 0 Å². The Balaban J connectivity index is 1.21. The second-order valence-corrected chi connectivity index (χ2v) is 14.2. The molecule has 3 saturated carbocycles. The van der Waals surface area contributed by atoms with Crippen molar-refractivity contribution in [2.45, 2.75) is 155 Å². The summed E-state index contributed by atoms with van der Waals surface area (Å²) in [5, 5.41) is 11.0. The quantitative estimate of drug-likeness (QED) is 0.212. The van der Waals surface area contributed by atoms with Gasteiger partial charge in [-0.25, -0.2) is 0 Å². The fourth-order valence-electron chi connectivity index (χ4n) is 9.06. The van der Waals surface area contributed by atoms with Crippen molar-refractivity contribution in [3.05, 3.63) is 11.6 Å². The molecule has 0 aliphatic heterocycles. The van der Waals surface area contributed by atoms with Crippen LogP contribution in [0.1, 0.15) is 149 Å². The Morgan fingerprint density at radius 2 is 1.41 bits per heavy atom. The van der Waals surface area contributed by atoms with E-state index in [0.717, 1.165) is 37.7 Å². The molecule has 4 rings (SSSR count). The average Bonchev–Trinajstić information content (AvgIpc) is 3.21. The van der Waals surface area contributed by atoms with Crippen LogP contribution in [-0.4, -0.2) is 28.6 Å². The van der Waals surface area contributed by atoms with Crippen molar-refractivity contribution >= 4 is 17.3 Å². The van der Waals surface area contributed by atoms with Gasteiger partial charge >= 0.3 is 0 Å². The summed E-state index contributed by atoms with van der Waals surface area (Å²) >= 11 is 0. The van der Waals surface area contributed by atoms with Crippen molar-refractivity contribution in [1.82, 2.24) is 0 Å². The van der Waals surface area contributed by atoms with Gasteiger partial charge < -0.3 is 5.11 Å². The Bertz CT molecular complexity index is 904. The smallest absolute Gasteiger partial charge is 0.159 e. The Morgan fingerprint density at radius 1 is 0.846 bits per heavy atom. The molecule has 0 saturated heterocycles. The van der Waals surface area contributed by atoms with Crippen LogP contribution in [0.2, 0.25) is 0 Å². The molecule has 1 unspecified atom stereocenters. The Hall–Kier alpha value is -1.29. The monoisotopic (exact) mass is 540 g/mol. The first-order valence-electron chi connectivity index (χ1n) is 16.7. The molecule has 0 bridgehead atoms. The summed E-state index contributed by atoms with van der Waals surface area (Å²) in [6.07, 6.45) is 22.7. The average molecular weight is 541 g/mol. The molecule has 0 aromatic heterocycles. The molecular formula is C35H56O4. The zero-order chi connectivity index (χ0) is 28.0. The van der Waals surface area contributed by atoms with Gasteiger partial charge in [-0.3, -0.25) is 14.4 Å². The minimum atomic E-state index is -0.676. The van der Waals surface area contributed by atoms with Crippen LogP contribution < -0.4 is 0 Å². The van der Waals surface area contributed by atoms with Crippen LogP contribution in [0.3, 0.4) is 0 Å². The lowest BCUT2D eigenvalue weighted by Gasteiger charge is -2.56. The molecule has 1 N–H and O–H groups in total. The van der Waals surface area contributed by atoms with Crippen molar-refractivity contribution < 1.29 is 19.5 Å². The first-order chi connectivity index (χ1) is 18.7. The van der Waals surface area contributed by atoms with Crippen LogP contribution in [0.4, 0.5) is 0 Å². The minimum Gasteiger partial charge on any atom is -0.392 e. The number of fused-ring (bicyclic) bond motifs is 5. The van der Waals surface area contributed by atoms with Gasteiger partial charge in [0.2, 0.25) is 0 Å². The Kier molecular flexibility index (Phi) is 10.7. The number of aliphatic hydroxyl groups excluding tert-OH is 1. The van der Waals surface area contributed by atoms with Crippen LogP contribution >= 0.6 is 0 Å². The van der Waals surface area contributed by atoms with Crippen LogP contribution in [0.25, 0.3) is 0 Å². The Labute approximate surface area is 238 Å². The molecule has 0 heterocycles. The van der Waals surface area contributed by atoms with Crippen LogP contribution in [-0.2, 0) is 14.4 Å². The summed E-state index contributed by atoms with van der Waals surface area (Å²) in [7, 11) is 0. The predicted octanol–water partition coefficient (Wildman–Crippen LogP) is 8.33. The molecular weight excluding hydrogens is 484 g/mol. The molecule has 7 atom stereocenters. The van der Waals surface area contributed by atoms with Gasteiger partial charge in [0.15, 0.2) is 5.78 Å². The summed E-state index contributed by atoms with van der Waals surface area (Å²) in [5.41, 5.74) is 0.483. The van der Waals surface area contributed by atoms with E-state index in [-0.39, 0.29) is 46.1 Å². The van der Waals surface area contributed by atoms with E-state index in [2.05, 4.69) is 20.8 Å². The molecule has 0 spiro atoms. The normalized spacial score (nSPS) is 35.8. The number of Topliss-reactive ketones (excluding diaryl/α,β-unsaturated/α-hetero) is 2. The maximum Gasteiger partial charge on any atom is 0.159 e. The van der Waals surface area contributed by atoms with E-state index < -0.39 is 6.10 Å².